The molecule has 2 N–H and O–H groups in total. The Balaban J connectivity index is 1.84. The van der Waals surface area contributed by atoms with E-state index in [0.717, 1.165) is 35.8 Å². The summed E-state index contributed by atoms with van der Waals surface area (Å²) in [7, 11) is 1.68. The van der Waals surface area contributed by atoms with E-state index in [0.29, 0.717) is 0 Å². The highest BCUT2D eigenvalue weighted by Gasteiger charge is 2.39. The van der Waals surface area contributed by atoms with Gasteiger partial charge in [0.1, 0.15) is 17.1 Å². The monoisotopic (exact) mass is 261 g/mol. The quantitative estimate of drug-likeness (QED) is 0.906. The molecule has 0 spiro atoms. The average molecular weight is 261 g/mol. The van der Waals surface area contributed by atoms with Crippen LogP contribution in [0.3, 0.4) is 0 Å². The predicted molar refractivity (Wildman–Crippen MR) is 75.5 cm³/mol. The molecule has 1 aromatic carbocycles. The molecule has 2 atom stereocenters. The van der Waals surface area contributed by atoms with Crippen molar-refractivity contribution in [2.75, 3.05) is 7.11 Å². The zero-order chi connectivity index (χ0) is 13.5. The fourth-order valence-electron chi connectivity index (χ4n) is 3.35. The summed E-state index contributed by atoms with van der Waals surface area (Å²) in [6.45, 7) is 2.20. The molecule has 3 nitrogen and oxygen atoms in total. The lowest BCUT2D eigenvalue weighted by atomic mass is 9.74. The summed E-state index contributed by atoms with van der Waals surface area (Å²) in [6.07, 6.45) is 6.09. The summed E-state index contributed by atoms with van der Waals surface area (Å²) >= 11 is 0. The molecule has 1 aliphatic heterocycles. The normalized spacial score (nSPS) is 30.2. The third kappa shape index (κ3) is 2.44. The van der Waals surface area contributed by atoms with Gasteiger partial charge >= 0.3 is 0 Å². The molecule has 19 heavy (non-hydrogen) atoms. The first-order chi connectivity index (χ1) is 9.09. The van der Waals surface area contributed by atoms with Crippen LogP contribution in [0.15, 0.2) is 18.2 Å². The predicted octanol–water partition coefficient (Wildman–Crippen LogP) is 3.43. The van der Waals surface area contributed by atoms with Crippen molar-refractivity contribution in [3.8, 4) is 11.5 Å². The second kappa shape index (κ2) is 4.71. The maximum absolute atomic E-state index is 6.33. The molecule has 0 radical (unpaired) electrons. The Morgan fingerprint density at radius 2 is 2.21 bits per heavy atom. The second-order valence-electron chi connectivity index (χ2n) is 6.27. The molecule has 0 amide bonds. The molecule has 3 heteroatoms. The minimum absolute atomic E-state index is 0.0692. The van der Waals surface area contributed by atoms with E-state index in [2.05, 4.69) is 6.92 Å². The van der Waals surface area contributed by atoms with Crippen molar-refractivity contribution in [2.45, 2.75) is 50.7 Å². The van der Waals surface area contributed by atoms with E-state index >= 15 is 0 Å². The number of hydrogen-bond acceptors (Lipinski definition) is 3. The third-order valence-electron chi connectivity index (χ3n) is 4.57. The van der Waals surface area contributed by atoms with Crippen LogP contribution in [0.5, 0.6) is 11.5 Å². The number of hydrogen-bond donors (Lipinski definition) is 1. The zero-order valence-corrected chi connectivity index (χ0v) is 11.8. The van der Waals surface area contributed by atoms with Gasteiger partial charge in [0.2, 0.25) is 0 Å². The fraction of sp³-hybridized carbons (Fsp3) is 0.625. The van der Waals surface area contributed by atoms with Crippen LogP contribution in [0.1, 0.15) is 50.6 Å². The summed E-state index contributed by atoms with van der Waals surface area (Å²) in [4.78, 5) is 0. The molecular formula is C16H23NO2. The molecule has 0 saturated heterocycles. The lowest BCUT2D eigenvalue weighted by Gasteiger charge is -2.42. The van der Waals surface area contributed by atoms with E-state index in [1.54, 1.807) is 7.11 Å². The SMILES string of the molecule is COc1ccc2c(c1)OC(C)(CC1CCC1)C[C@H]2N. The smallest absolute Gasteiger partial charge is 0.128 e. The van der Waals surface area contributed by atoms with Crippen molar-refractivity contribution in [3.05, 3.63) is 23.8 Å². The molecule has 1 fully saturated rings. The van der Waals surface area contributed by atoms with Crippen molar-refractivity contribution >= 4 is 0 Å². The van der Waals surface area contributed by atoms with E-state index in [4.69, 9.17) is 15.2 Å². The fourth-order valence-corrected chi connectivity index (χ4v) is 3.35. The summed E-state index contributed by atoms with van der Waals surface area (Å²) in [5.41, 5.74) is 7.31. The molecule has 1 aromatic rings. The Morgan fingerprint density at radius 3 is 2.84 bits per heavy atom. The largest absolute Gasteiger partial charge is 0.497 e. The van der Waals surface area contributed by atoms with Crippen molar-refractivity contribution in [1.82, 2.24) is 0 Å². The summed E-state index contributed by atoms with van der Waals surface area (Å²) in [6, 6.07) is 6.02. The van der Waals surface area contributed by atoms with Gasteiger partial charge in [0, 0.05) is 24.1 Å². The number of nitrogens with two attached hydrogens (primary N) is 1. The van der Waals surface area contributed by atoms with E-state index in [1.807, 2.05) is 18.2 Å². The first-order valence-electron chi connectivity index (χ1n) is 7.22. The van der Waals surface area contributed by atoms with Gasteiger partial charge < -0.3 is 15.2 Å². The molecule has 1 unspecified atom stereocenters. The van der Waals surface area contributed by atoms with Gasteiger partial charge in [-0.1, -0.05) is 25.3 Å². The lowest BCUT2D eigenvalue weighted by molar-refractivity contribution is 0.0169. The summed E-state index contributed by atoms with van der Waals surface area (Å²) in [5, 5.41) is 0. The van der Waals surface area contributed by atoms with Crippen molar-refractivity contribution in [1.29, 1.82) is 0 Å². The maximum atomic E-state index is 6.33. The van der Waals surface area contributed by atoms with Crippen molar-refractivity contribution in [3.63, 3.8) is 0 Å². The van der Waals surface area contributed by atoms with Crippen LogP contribution >= 0.6 is 0 Å². The molecule has 0 bridgehead atoms. The molecular weight excluding hydrogens is 238 g/mol. The highest BCUT2D eigenvalue weighted by atomic mass is 16.5. The molecule has 1 heterocycles. The average Bonchev–Trinajstić information content (AvgIpc) is 2.33. The van der Waals surface area contributed by atoms with Crippen molar-refractivity contribution in [2.24, 2.45) is 11.7 Å². The van der Waals surface area contributed by atoms with Crippen LogP contribution in [0, 0.1) is 5.92 Å². The zero-order valence-electron chi connectivity index (χ0n) is 11.8. The highest BCUT2D eigenvalue weighted by molar-refractivity contribution is 5.44. The van der Waals surface area contributed by atoms with Gasteiger partial charge in [-0.15, -0.1) is 0 Å². The molecule has 1 aliphatic carbocycles. The first-order valence-corrected chi connectivity index (χ1v) is 7.22. The number of benzene rings is 1. The Labute approximate surface area is 115 Å². The second-order valence-corrected chi connectivity index (χ2v) is 6.27. The Bertz CT molecular complexity index is 470. The van der Waals surface area contributed by atoms with Crippen LogP contribution in [-0.2, 0) is 0 Å². The molecule has 3 rings (SSSR count). The van der Waals surface area contributed by atoms with E-state index < -0.39 is 0 Å². The lowest BCUT2D eigenvalue weighted by Crippen LogP contribution is -2.42. The van der Waals surface area contributed by atoms with Gasteiger partial charge in [-0.25, -0.2) is 0 Å². The number of fused-ring (bicyclic) bond motifs is 1. The minimum Gasteiger partial charge on any atom is -0.497 e. The number of rotatable bonds is 3. The van der Waals surface area contributed by atoms with Gasteiger partial charge in [-0.05, 0) is 25.3 Å². The topological polar surface area (TPSA) is 44.5 Å². The molecule has 2 aliphatic rings. The van der Waals surface area contributed by atoms with Crippen molar-refractivity contribution < 1.29 is 9.47 Å². The van der Waals surface area contributed by atoms with Gasteiger partial charge in [-0.3, -0.25) is 0 Å². The molecule has 104 valence electrons. The molecule has 0 aromatic heterocycles. The number of methoxy groups -OCH3 is 1. The van der Waals surface area contributed by atoms with Gasteiger partial charge in [-0.2, -0.15) is 0 Å². The highest BCUT2D eigenvalue weighted by Crippen LogP contribution is 2.45. The third-order valence-corrected chi connectivity index (χ3v) is 4.57. The van der Waals surface area contributed by atoms with E-state index in [1.165, 1.54) is 19.3 Å². The van der Waals surface area contributed by atoms with Crippen LogP contribution < -0.4 is 15.2 Å². The van der Waals surface area contributed by atoms with Gasteiger partial charge in [0.25, 0.3) is 0 Å². The Kier molecular flexibility index (Phi) is 3.17. The molecule has 1 saturated carbocycles. The van der Waals surface area contributed by atoms with Gasteiger partial charge in [0.15, 0.2) is 0 Å². The van der Waals surface area contributed by atoms with E-state index in [-0.39, 0.29) is 11.6 Å². The first kappa shape index (κ1) is 12.8. The summed E-state index contributed by atoms with van der Waals surface area (Å²) in [5.74, 6) is 2.56. The Morgan fingerprint density at radius 1 is 1.42 bits per heavy atom. The number of ether oxygens (including phenoxy) is 2. The Hall–Kier alpha value is -1.22. The standard InChI is InChI=1S/C16H23NO2/c1-16(9-11-4-3-5-11)10-14(17)13-7-6-12(18-2)8-15(13)19-16/h6-8,11,14H,3-5,9-10,17H2,1-2H3/t14-,16?/m1/s1. The van der Waals surface area contributed by atoms with Crippen LogP contribution in [0.25, 0.3) is 0 Å². The maximum Gasteiger partial charge on any atom is 0.128 e. The van der Waals surface area contributed by atoms with Crippen LogP contribution in [0.2, 0.25) is 0 Å². The van der Waals surface area contributed by atoms with E-state index in [9.17, 15) is 0 Å². The van der Waals surface area contributed by atoms with Crippen LogP contribution in [0.4, 0.5) is 0 Å². The van der Waals surface area contributed by atoms with Crippen LogP contribution in [-0.4, -0.2) is 12.7 Å². The minimum atomic E-state index is -0.121. The summed E-state index contributed by atoms with van der Waals surface area (Å²) < 4.78 is 11.6. The van der Waals surface area contributed by atoms with Gasteiger partial charge in [0.05, 0.1) is 7.11 Å².